The van der Waals surface area contributed by atoms with Gasteiger partial charge in [0.05, 0.1) is 11.3 Å². The van der Waals surface area contributed by atoms with Crippen molar-refractivity contribution >= 4 is 41.1 Å². The fraction of sp³-hybridized carbons (Fsp3) is 0.560. The molecule has 2 fully saturated rings. The largest absolute Gasteiger partial charge is 0.416 e. The van der Waals surface area contributed by atoms with Crippen LogP contribution in [-0.4, -0.2) is 80.3 Å². The predicted octanol–water partition coefficient (Wildman–Crippen LogP) is 4.41. The lowest BCUT2D eigenvalue weighted by Crippen LogP contribution is -2.39. The number of alkyl halides is 3. The van der Waals surface area contributed by atoms with Crippen LogP contribution in [0.15, 0.2) is 30.3 Å². The van der Waals surface area contributed by atoms with Crippen LogP contribution in [0.4, 0.5) is 41.2 Å². The highest BCUT2D eigenvalue weighted by Crippen LogP contribution is 2.32. The zero-order valence-corrected chi connectivity index (χ0v) is 22.2. The number of nitrogens with one attached hydrogen (secondary N) is 2. The van der Waals surface area contributed by atoms with Crippen molar-refractivity contribution in [2.75, 3.05) is 78.9 Å². The molecular weight excluding hydrogens is 521 g/mol. The Morgan fingerprint density at radius 3 is 2.34 bits per heavy atom. The molecule has 2 aliphatic rings. The summed E-state index contributed by atoms with van der Waals surface area (Å²) in [7, 11) is 1.92. The summed E-state index contributed by atoms with van der Waals surface area (Å²) in [5.74, 6) is 2.53. The molecule has 0 atom stereocenters. The van der Waals surface area contributed by atoms with E-state index in [9.17, 15) is 18.0 Å². The van der Waals surface area contributed by atoms with Gasteiger partial charge < -0.3 is 25.3 Å². The number of halogens is 4. The Morgan fingerprint density at radius 2 is 1.66 bits per heavy atom. The van der Waals surface area contributed by atoms with Gasteiger partial charge in [-0.3, -0.25) is 0 Å². The third-order valence-electron chi connectivity index (χ3n) is 6.67. The molecule has 0 spiro atoms. The number of anilines is 4. The summed E-state index contributed by atoms with van der Waals surface area (Å²) in [4.78, 5) is 28.5. The van der Waals surface area contributed by atoms with Crippen molar-refractivity contribution < 1.29 is 18.0 Å². The van der Waals surface area contributed by atoms with Crippen molar-refractivity contribution in [3.63, 3.8) is 0 Å². The lowest BCUT2D eigenvalue weighted by atomic mass is 10.2. The van der Waals surface area contributed by atoms with E-state index >= 15 is 0 Å². The van der Waals surface area contributed by atoms with E-state index in [1.54, 1.807) is 0 Å². The van der Waals surface area contributed by atoms with Crippen LogP contribution in [0.5, 0.6) is 0 Å². The Labute approximate surface area is 226 Å². The number of hydrogen-bond donors (Lipinski definition) is 2. The number of urea groups is 1. The second-order valence-electron chi connectivity index (χ2n) is 9.59. The molecule has 38 heavy (non-hydrogen) atoms. The van der Waals surface area contributed by atoms with E-state index in [2.05, 4.69) is 20.4 Å². The van der Waals surface area contributed by atoms with Crippen LogP contribution in [-0.2, 0) is 6.18 Å². The summed E-state index contributed by atoms with van der Waals surface area (Å²) in [6.45, 7) is 6.12. The summed E-state index contributed by atoms with van der Waals surface area (Å²) in [5.41, 5.74) is -0.924. The number of carbonyl (C=O) groups is 1. The third-order valence-corrected chi connectivity index (χ3v) is 7.02. The van der Waals surface area contributed by atoms with Crippen molar-refractivity contribution in [2.24, 2.45) is 0 Å². The predicted molar refractivity (Wildman–Crippen MR) is 144 cm³/mol. The molecule has 3 heterocycles. The molecule has 9 nitrogen and oxygen atoms in total. The van der Waals surface area contributed by atoms with Gasteiger partial charge in [-0.1, -0.05) is 6.07 Å². The first-order valence-corrected chi connectivity index (χ1v) is 13.3. The fourth-order valence-corrected chi connectivity index (χ4v) is 4.68. The van der Waals surface area contributed by atoms with E-state index < -0.39 is 17.8 Å². The third kappa shape index (κ3) is 7.53. The molecule has 2 N–H and O–H groups in total. The quantitative estimate of drug-likeness (QED) is 0.421. The second kappa shape index (κ2) is 12.7. The molecule has 2 saturated heterocycles. The van der Waals surface area contributed by atoms with Gasteiger partial charge in [-0.05, 0) is 50.9 Å². The summed E-state index contributed by atoms with van der Waals surface area (Å²) in [6, 6.07) is 5.63. The Balaban J connectivity index is 1.23. The number of carbonyl (C=O) groups excluding carboxylic acids is 1. The molecule has 0 radical (unpaired) electrons. The van der Waals surface area contributed by atoms with Gasteiger partial charge in [0.1, 0.15) is 11.6 Å². The van der Waals surface area contributed by atoms with E-state index in [0.29, 0.717) is 24.1 Å². The van der Waals surface area contributed by atoms with Gasteiger partial charge in [-0.25, -0.2) is 9.21 Å². The van der Waals surface area contributed by atoms with Crippen molar-refractivity contribution in [3.8, 4) is 0 Å². The molecule has 1 aromatic heterocycles. The molecule has 13 heteroatoms. The molecule has 0 bridgehead atoms. The zero-order valence-electron chi connectivity index (χ0n) is 21.5. The molecule has 1 aromatic carbocycles. The van der Waals surface area contributed by atoms with Gasteiger partial charge in [0.2, 0.25) is 5.95 Å². The highest BCUT2D eigenvalue weighted by molar-refractivity contribution is 6.36. The first-order valence-electron chi connectivity index (χ1n) is 12.9. The number of likely N-dealkylation sites (N-methyl/N-ethyl adjacent to an activating group) is 1. The van der Waals surface area contributed by atoms with Gasteiger partial charge >= 0.3 is 12.2 Å². The highest BCUT2D eigenvalue weighted by atomic mass is 35.5. The van der Waals surface area contributed by atoms with Crippen molar-refractivity contribution in [1.82, 2.24) is 20.2 Å². The number of nitrogens with zero attached hydrogens (tertiary/aromatic N) is 6. The Hall–Kier alpha value is -2.99. The lowest BCUT2D eigenvalue weighted by molar-refractivity contribution is -0.137. The molecule has 208 valence electrons. The summed E-state index contributed by atoms with van der Waals surface area (Å²) >= 11 is 5.98. The average molecular weight is 555 g/mol. The highest BCUT2D eigenvalue weighted by Gasteiger charge is 2.31. The topological polar surface area (TPSA) is 79.9 Å². The zero-order chi connectivity index (χ0) is 27.1. The molecule has 2 aliphatic heterocycles. The number of hydrogen-bond acceptors (Lipinski definition) is 7. The maximum Gasteiger partial charge on any atom is 0.416 e. The van der Waals surface area contributed by atoms with E-state index in [1.165, 1.54) is 25.0 Å². The first kappa shape index (κ1) is 28.0. The number of benzene rings is 1. The SMILES string of the molecule is CN(CCNC(=O)N(Cl)c1cccc(C(F)(F)F)c1)CCNc1cc(N2CCCC2)nc(N2CCCC2)n1. The maximum atomic E-state index is 12.9. The Kier molecular flexibility index (Phi) is 9.37. The van der Waals surface area contributed by atoms with Gasteiger partial charge in [-0.2, -0.15) is 23.1 Å². The Morgan fingerprint density at radius 1 is 1.00 bits per heavy atom. The summed E-state index contributed by atoms with van der Waals surface area (Å²) in [6.07, 6.45) is 0.146. The molecular formula is C25H34ClF3N8O. The van der Waals surface area contributed by atoms with Crippen molar-refractivity contribution in [3.05, 3.63) is 35.9 Å². The van der Waals surface area contributed by atoms with E-state index in [-0.39, 0.29) is 12.2 Å². The minimum Gasteiger partial charge on any atom is -0.369 e. The number of rotatable bonds is 10. The molecule has 2 amide bonds. The van der Waals surface area contributed by atoms with Gasteiger partial charge in [0.25, 0.3) is 0 Å². The van der Waals surface area contributed by atoms with Crippen LogP contribution in [0, 0.1) is 0 Å². The molecule has 0 unspecified atom stereocenters. The number of aromatic nitrogens is 2. The lowest BCUT2D eigenvalue weighted by Gasteiger charge is -2.22. The molecule has 0 saturated carbocycles. The minimum absolute atomic E-state index is 0.0528. The van der Waals surface area contributed by atoms with Crippen molar-refractivity contribution in [2.45, 2.75) is 31.9 Å². The van der Waals surface area contributed by atoms with E-state index in [1.807, 2.05) is 18.0 Å². The Bertz CT molecular complexity index is 1040. The van der Waals surface area contributed by atoms with Gasteiger partial charge in [0.15, 0.2) is 0 Å². The molecule has 0 aliphatic carbocycles. The van der Waals surface area contributed by atoms with E-state index in [0.717, 1.165) is 68.7 Å². The van der Waals surface area contributed by atoms with Crippen LogP contribution in [0.2, 0.25) is 0 Å². The smallest absolute Gasteiger partial charge is 0.369 e. The second-order valence-corrected chi connectivity index (χ2v) is 9.93. The monoisotopic (exact) mass is 554 g/mol. The van der Waals surface area contributed by atoms with Crippen LogP contribution < -0.4 is 24.9 Å². The summed E-state index contributed by atoms with van der Waals surface area (Å²) in [5, 5.41) is 6.04. The normalized spacial score (nSPS) is 15.8. The molecule has 2 aromatic rings. The van der Waals surface area contributed by atoms with Crippen LogP contribution in [0.25, 0.3) is 0 Å². The van der Waals surface area contributed by atoms with E-state index in [4.69, 9.17) is 21.7 Å². The van der Waals surface area contributed by atoms with Crippen molar-refractivity contribution in [1.29, 1.82) is 0 Å². The summed E-state index contributed by atoms with van der Waals surface area (Å²) < 4.78 is 39.4. The first-order chi connectivity index (χ1) is 18.2. The maximum absolute atomic E-state index is 12.9. The van der Waals surface area contributed by atoms with Gasteiger partial charge in [0, 0.05) is 70.2 Å². The fourth-order valence-electron chi connectivity index (χ4n) is 4.51. The van der Waals surface area contributed by atoms with Gasteiger partial charge in [-0.15, -0.1) is 0 Å². The van der Waals surface area contributed by atoms with Crippen LogP contribution in [0.1, 0.15) is 31.2 Å². The standard InChI is InChI=1S/C25H34ClF3N8O/c1-34(16-10-31-24(38)37(26)20-8-6-7-19(17-20)25(27,28)29)15-9-30-21-18-22(35-11-2-3-12-35)33-23(32-21)36-13-4-5-14-36/h6-8,17-18H,2-5,9-16H2,1H3,(H,31,38)(H,30,32,33). The minimum atomic E-state index is -4.52. The van der Waals surface area contributed by atoms with Crippen LogP contribution >= 0.6 is 11.8 Å². The number of amides is 2. The molecule has 4 rings (SSSR count). The average Bonchev–Trinajstić information content (AvgIpc) is 3.63. The van der Waals surface area contributed by atoms with Crippen LogP contribution in [0.3, 0.4) is 0 Å².